The van der Waals surface area contributed by atoms with Crippen molar-refractivity contribution < 1.29 is 28.5 Å². The number of methoxy groups -OCH3 is 1. The van der Waals surface area contributed by atoms with Crippen LogP contribution in [0.4, 0.5) is 0 Å². The highest BCUT2D eigenvalue weighted by Crippen LogP contribution is 2.29. The Hall–Kier alpha value is -3.80. The molecule has 0 spiro atoms. The quantitative estimate of drug-likeness (QED) is 0.235. The average Bonchev–Trinajstić information content (AvgIpc) is 2.78. The SMILES string of the molecule is COc1cc(C=O)ccc1OC(=O)c1ccccc1OCCOc1ccccc1. The van der Waals surface area contributed by atoms with Crippen molar-refractivity contribution in [1.29, 1.82) is 0 Å². The van der Waals surface area contributed by atoms with Crippen molar-refractivity contribution in [3.63, 3.8) is 0 Å². The maximum absolute atomic E-state index is 12.7. The maximum atomic E-state index is 12.7. The highest BCUT2D eigenvalue weighted by atomic mass is 16.6. The van der Waals surface area contributed by atoms with Gasteiger partial charge in [-0.05, 0) is 42.5 Å². The maximum Gasteiger partial charge on any atom is 0.347 e. The fraction of sp³-hybridized carbons (Fsp3) is 0.130. The molecule has 3 rings (SSSR count). The molecule has 29 heavy (non-hydrogen) atoms. The van der Waals surface area contributed by atoms with Gasteiger partial charge >= 0.3 is 5.97 Å². The van der Waals surface area contributed by atoms with Crippen LogP contribution >= 0.6 is 0 Å². The number of ether oxygens (including phenoxy) is 4. The highest BCUT2D eigenvalue weighted by molar-refractivity contribution is 5.94. The third-order valence-corrected chi connectivity index (χ3v) is 3.99. The Morgan fingerprint density at radius 1 is 0.828 bits per heavy atom. The summed E-state index contributed by atoms with van der Waals surface area (Å²) in [5.74, 6) is 1.04. The van der Waals surface area contributed by atoms with Gasteiger partial charge in [-0.25, -0.2) is 4.79 Å². The van der Waals surface area contributed by atoms with Crippen molar-refractivity contribution in [2.24, 2.45) is 0 Å². The summed E-state index contributed by atoms with van der Waals surface area (Å²) in [6.07, 6.45) is 0.689. The fourth-order valence-corrected chi connectivity index (χ4v) is 2.59. The molecule has 0 N–H and O–H groups in total. The minimum atomic E-state index is -0.596. The molecule has 0 fully saturated rings. The van der Waals surface area contributed by atoms with E-state index in [1.54, 1.807) is 30.3 Å². The van der Waals surface area contributed by atoms with Crippen molar-refractivity contribution in [1.82, 2.24) is 0 Å². The standard InChI is InChI=1S/C23H20O6/c1-26-22-15-17(16-24)11-12-21(22)29-23(25)19-9-5-6-10-20(19)28-14-13-27-18-7-3-2-4-8-18/h2-12,15-16H,13-14H2,1H3. The van der Waals surface area contributed by atoms with Gasteiger partial charge in [-0.3, -0.25) is 4.79 Å². The predicted octanol–water partition coefficient (Wildman–Crippen LogP) is 4.18. The number of rotatable bonds is 9. The Bertz CT molecular complexity index is 968. The van der Waals surface area contributed by atoms with Crippen molar-refractivity contribution >= 4 is 12.3 Å². The van der Waals surface area contributed by atoms with Crippen LogP contribution in [-0.4, -0.2) is 32.6 Å². The number of esters is 1. The molecule has 0 amide bonds. The van der Waals surface area contributed by atoms with E-state index in [-0.39, 0.29) is 23.7 Å². The molecule has 0 aromatic heterocycles. The first-order valence-electron chi connectivity index (χ1n) is 8.96. The number of carbonyl (C=O) groups excluding carboxylic acids is 2. The lowest BCUT2D eigenvalue weighted by Gasteiger charge is -2.13. The van der Waals surface area contributed by atoms with E-state index in [4.69, 9.17) is 18.9 Å². The zero-order chi connectivity index (χ0) is 20.5. The summed E-state index contributed by atoms with van der Waals surface area (Å²) in [4.78, 5) is 23.6. The molecule has 148 valence electrons. The monoisotopic (exact) mass is 392 g/mol. The Labute approximate surface area is 168 Å². The largest absolute Gasteiger partial charge is 0.493 e. The molecule has 0 aliphatic carbocycles. The normalized spacial score (nSPS) is 10.1. The molecular weight excluding hydrogens is 372 g/mol. The van der Waals surface area contributed by atoms with Crippen molar-refractivity contribution in [3.8, 4) is 23.0 Å². The first-order chi connectivity index (χ1) is 14.2. The van der Waals surface area contributed by atoms with E-state index in [0.29, 0.717) is 24.2 Å². The van der Waals surface area contributed by atoms with Crippen LogP contribution in [0.25, 0.3) is 0 Å². The Morgan fingerprint density at radius 2 is 1.55 bits per heavy atom. The summed E-state index contributed by atoms with van der Waals surface area (Å²) in [6.45, 7) is 0.588. The third kappa shape index (κ3) is 5.35. The van der Waals surface area contributed by atoms with Crippen LogP contribution in [0, 0.1) is 0 Å². The van der Waals surface area contributed by atoms with Crippen molar-refractivity contribution in [2.75, 3.05) is 20.3 Å². The van der Waals surface area contributed by atoms with Gasteiger partial charge in [-0.1, -0.05) is 30.3 Å². The molecule has 0 radical (unpaired) electrons. The van der Waals surface area contributed by atoms with E-state index in [1.807, 2.05) is 30.3 Å². The minimum absolute atomic E-state index is 0.213. The van der Waals surface area contributed by atoms with Crippen molar-refractivity contribution in [3.05, 3.63) is 83.9 Å². The van der Waals surface area contributed by atoms with E-state index in [9.17, 15) is 9.59 Å². The number of carbonyl (C=O) groups is 2. The molecule has 0 heterocycles. The Kier molecular flexibility index (Phi) is 6.84. The van der Waals surface area contributed by atoms with Gasteiger partial charge in [0.1, 0.15) is 36.6 Å². The molecule has 0 atom stereocenters. The number of hydrogen-bond donors (Lipinski definition) is 0. The van der Waals surface area contributed by atoms with Gasteiger partial charge < -0.3 is 18.9 Å². The van der Waals surface area contributed by atoms with Crippen LogP contribution in [-0.2, 0) is 0 Å². The molecule has 6 heteroatoms. The second kappa shape index (κ2) is 9.94. The van der Waals surface area contributed by atoms with Crippen LogP contribution in [0.5, 0.6) is 23.0 Å². The summed E-state index contributed by atoms with van der Waals surface area (Å²) >= 11 is 0. The van der Waals surface area contributed by atoms with E-state index < -0.39 is 5.97 Å². The topological polar surface area (TPSA) is 71.1 Å². The lowest BCUT2D eigenvalue weighted by atomic mass is 10.2. The first kappa shape index (κ1) is 19.9. The van der Waals surface area contributed by atoms with Gasteiger partial charge in [0, 0.05) is 5.56 Å². The van der Waals surface area contributed by atoms with Gasteiger partial charge in [-0.15, -0.1) is 0 Å². The van der Waals surface area contributed by atoms with Gasteiger partial charge in [0.05, 0.1) is 7.11 Å². The van der Waals surface area contributed by atoms with Gasteiger partial charge in [0.2, 0.25) is 0 Å². The summed E-state index contributed by atoms with van der Waals surface area (Å²) in [5.41, 5.74) is 0.692. The molecule has 6 nitrogen and oxygen atoms in total. The molecule has 0 aliphatic rings. The van der Waals surface area contributed by atoms with E-state index in [2.05, 4.69) is 0 Å². The predicted molar refractivity (Wildman–Crippen MR) is 107 cm³/mol. The van der Waals surface area contributed by atoms with Crippen molar-refractivity contribution in [2.45, 2.75) is 0 Å². The van der Waals surface area contributed by atoms with Gasteiger partial charge in [-0.2, -0.15) is 0 Å². The molecular formula is C23H20O6. The van der Waals surface area contributed by atoms with Crippen LogP contribution in [0.3, 0.4) is 0 Å². The Morgan fingerprint density at radius 3 is 2.31 bits per heavy atom. The zero-order valence-electron chi connectivity index (χ0n) is 15.9. The molecule has 3 aromatic rings. The van der Waals surface area contributed by atoms with Crippen LogP contribution in [0.2, 0.25) is 0 Å². The molecule has 0 saturated carbocycles. The fourth-order valence-electron chi connectivity index (χ4n) is 2.59. The van der Waals surface area contributed by atoms with E-state index in [0.717, 1.165) is 5.75 Å². The van der Waals surface area contributed by atoms with E-state index >= 15 is 0 Å². The van der Waals surface area contributed by atoms with Gasteiger partial charge in [0.15, 0.2) is 11.5 Å². The lowest BCUT2D eigenvalue weighted by molar-refractivity contribution is 0.0724. The second-order valence-corrected chi connectivity index (χ2v) is 5.92. The molecule has 0 saturated heterocycles. The molecule has 0 bridgehead atoms. The lowest BCUT2D eigenvalue weighted by Crippen LogP contribution is -2.14. The summed E-state index contributed by atoms with van der Waals surface area (Å²) < 4.78 is 21.9. The van der Waals surface area contributed by atoms with Crippen LogP contribution in [0.1, 0.15) is 20.7 Å². The summed E-state index contributed by atoms with van der Waals surface area (Å²) in [7, 11) is 1.44. The molecule has 0 unspecified atom stereocenters. The first-order valence-corrected chi connectivity index (χ1v) is 8.96. The summed E-state index contributed by atoms with van der Waals surface area (Å²) in [6, 6.07) is 20.7. The zero-order valence-corrected chi connectivity index (χ0v) is 15.9. The average molecular weight is 392 g/mol. The number of hydrogen-bond acceptors (Lipinski definition) is 6. The second-order valence-electron chi connectivity index (χ2n) is 5.92. The van der Waals surface area contributed by atoms with Gasteiger partial charge in [0.25, 0.3) is 0 Å². The third-order valence-electron chi connectivity index (χ3n) is 3.99. The Balaban J connectivity index is 1.65. The molecule has 0 aliphatic heterocycles. The summed E-state index contributed by atoms with van der Waals surface area (Å²) in [5, 5.41) is 0. The smallest absolute Gasteiger partial charge is 0.347 e. The van der Waals surface area contributed by atoms with Crippen LogP contribution in [0.15, 0.2) is 72.8 Å². The van der Waals surface area contributed by atoms with E-state index in [1.165, 1.54) is 19.2 Å². The number of benzene rings is 3. The minimum Gasteiger partial charge on any atom is -0.493 e. The molecule has 3 aromatic carbocycles. The van der Waals surface area contributed by atoms with Crippen LogP contribution < -0.4 is 18.9 Å². The number of aldehydes is 1. The highest BCUT2D eigenvalue weighted by Gasteiger charge is 2.17. The number of para-hydroxylation sites is 2.